The zero-order valence-corrected chi connectivity index (χ0v) is 9.62. The largest absolute Gasteiger partial charge is 0.237 e. The number of nitrogens with zero attached hydrogens (tertiary/aromatic N) is 3. The van der Waals surface area contributed by atoms with Crippen molar-refractivity contribution in [2.45, 2.75) is 6.92 Å². The lowest BCUT2D eigenvalue weighted by Gasteiger charge is -2.05. The first-order valence-corrected chi connectivity index (χ1v) is 4.98. The van der Waals surface area contributed by atoms with Gasteiger partial charge in [-0.2, -0.15) is 0 Å². The number of rotatable bonds is 0. The quantitative estimate of drug-likeness (QED) is 0.416. The second-order valence-corrected chi connectivity index (χ2v) is 3.86. The van der Waals surface area contributed by atoms with Crippen LogP contribution in [-0.4, -0.2) is 15.0 Å². The highest BCUT2D eigenvalue weighted by Gasteiger charge is 2.16. The van der Waals surface area contributed by atoms with Gasteiger partial charge in [-0.1, -0.05) is 23.2 Å². The zero-order valence-electron chi connectivity index (χ0n) is 7.35. The molecule has 2 heterocycles. The van der Waals surface area contributed by atoms with Gasteiger partial charge in [-0.05, 0) is 18.5 Å². The van der Waals surface area contributed by atoms with E-state index in [1.54, 1.807) is 6.92 Å². The number of halogens is 4. The highest BCUT2D eigenvalue weighted by molar-refractivity contribution is 6.36. The molecule has 0 spiro atoms. The van der Waals surface area contributed by atoms with Crippen LogP contribution >= 0.6 is 34.8 Å². The Bertz CT molecular complexity index is 550. The molecule has 0 aromatic carbocycles. The van der Waals surface area contributed by atoms with Gasteiger partial charge in [0.15, 0.2) is 11.0 Å². The van der Waals surface area contributed by atoms with Crippen molar-refractivity contribution in [1.29, 1.82) is 0 Å². The molecule has 0 fully saturated rings. The number of aryl methyl sites for hydroxylation is 1. The van der Waals surface area contributed by atoms with E-state index in [2.05, 4.69) is 15.0 Å². The predicted molar refractivity (Wildman–Crippen MR) is 57.1 cm³/mol. The Morgan fingerprint density at radius 2 is 1.67 bits per heavy atom. The summed E-state index contributed by atoms with van der Waals surface area (Å²) in [5, 5.41) is -0.00701. The van der Waals surface area contributed by atoms with E-state index in [0.29, 0.717) is 11.1 Å². The van der Waals surface area contributed by atoms with Gasteiger partial charge in [-0.15, -0.1) is 0 Å². The fourth-order valence-corrected chi connectivity index (χ4v) is 1.97. The van der Waals surface area contributed by atoms with E-state index in [1.807, 2.05) is 0 Å². The number of hydrogen-bond acceptors (Lipinski definition) is 3. The van der Waals surface area contributed by atoms with Crippen LogP contribution in [0.5, 0.6) is 0 Å². The summed E-state index contributed by atoms with van der Waals surface area (Å²) in [5.74, 6) is -0.747. The van der Waals surface area contributed by atoms with E-state index >= 15 is 0 Å². The Labute approximate surface area is 99.2 Å². The predicted octanol–water partition coefficient (Wildman–Crippen LogP) is 3.43. The van der Waals surface area contributed by atoms with Crippen molar-refractivity contribution in [3.8, 4) is 0 Å². The van der Waals surface area contributed by atoms with Crippen LogP contribution in [0.1, 0.15) is 5.69 Å². The van der Waals surface area contributed by atoms with Crippen LogP contribution in [0.15, 0.2) is 0 Å². The van der Waals surface area contributed by atoms with Crippen LogP contribution in [0.4, 0.5) is 4.39 Å². The van der Waals surface area contributed by atoms with Crippen molar-refractivity contribution < 1.29 is 4.39 Å². The van der Waals surface area contributed by atoms with E-state index in [4.69, 9.17) is 34.8 Å². The highest BCUT2D eigenvalue weighted by atomic mass is 35.5. The molecule has 15 heavy (non-hydrogen) atoms. The molecule has 7 heteroatoms. The zero-order chi connectivity index (χ0) is 11.2. The van der Waals surface area contributed by atoms with E-state index in [9.17, 15) is 4.39 Å². The molecule has 0 bridgehead atoms. The van der Waals surface area contributed by atoms with E-state index in [1.165, 1.54) is 0 Å². The topological polar surface area (TPSA) is 38.7 Å². The van der Waals surface area contributed by atoms with Gasteiger partial charge in [0.25, 0.3) is 0 Å². The van der Waals surface area contributed by atoms with Gasteiger partial charge in [0.2, 0.25) is 5.28 Å². The van der Waals surface area contributed by atoms with E-state index in [0.717, 1.165) is 0 Å². The Hall–Kier alpha value is -0.710. The fourth-order valence-electron chi connectivity index (χ4n) is 1.24. The van der Waals surface area contributed by atoms with Gasteiger partial charge in [0.1, 0.15) is 10.7 Å². The normalized spacial score (nSPS) is 11.0. The smallest absolute Gasteiger partial charge is 0.224 e. The molecule has 0 saturated carbocycles. The first kappa shape index (κ1) is 10.8. The standard InChI is InChI=1S/C8H3Cl3FN3/c1-2-3-5(4(12)7(10)13-2)14-8(11)15-6(3)9/h1H3. The first-order chi connectivity index (χ1) is 7.00. The molecule has 2 rings (SSSR count). The van der Waals surface area contributed by atoms with Crippen molar-refractivity contribution in [3.63, 3.8) is 0 Å². The third kappa shape index (κ3) is 1.73. The van der Waals surface area contributed by atoms with Crippen molar-refractivity contribution in [3.05, 3.63) is 27.1 Å². The van der Waals surface area contributed by atoms with Gasteiger partial charge in [-0.3, -0.25) is 0 Å². The molecule has 78 valence electrons. The number of fused-ring (bicyclic) bond motifs is 1. The number of pyridine rings is 1. The second-order valence-electron chi connectivity index (χ2n) is 2.81. The summed E-state index contributed by atoms with van der Waals surface area (Å²) in [5.41, 5.74) is 0.440. The lowest BCUT2D eigenvalue weighted by atomic mass is 10.2. The van der Waals surface area contributed by atoms with Crippen LogP contribution in [0.25, 0.3) is 10.9 Å². The summed E-state index contributed by atoms with van der Waals surface area (Å²) in [6, 6.07) is 0. The van der Waals surface area contributed by atoms with Crippen molar-refractivity contribution in [2.24, 2.45) is 0 Å². The van der Waals surface area contributed by atoms with Crippen molar-refractivity contribution in [2.75, 3.05) is 0 Å². The summed E-state index contributed by atoms with van der Waals surface area (Å²) < 4.78 is 13.5. The molecule has 0 unspecified atom stereocenters. The first-order valence-electron chi connectivity index (χ1n) is 3.85. The Morgan fingerprint density at radius 3 is 2.33 bits per heavy atom. The van der Waals surface area contributed by atoms with Crippen LogP contribution in [0.2, 0.25) is 15.6 Å². The van der Waals surface area contributed by atoms with Gasteiger partial charge in [-0.25, -0.2) is 19.3 Å². The van der Waals surface area contributed by atoms with Gasteiger partial charge < -0.3 is 0 Å². The molecule has 0 saturated heterocycles. The third-order valence-electron chi connectivity index (χ3n) is 1.85. The maximum absolute atomic E-state index is 13.5. The molecule has 0 N–H and O–H groups in total. The van der Waals surface area contributed by atoms with Crippen LogP contribution in [-0.2, 0) is 0 Å². The van der Waals surface area contributed by atoms with Crippen LogP contribution in [0, 0.1) is 12.7 Å². The molecule has 0 aliphatic heterocycles. The maximum atomic E-state index is 13.5. The minimum atomic E-state index is -0.747. The molecule has 0 amide bonds. The maximum Gasteiger partial charge on any atom is 0.224 e. The lowest BCUT2D eigenvalue weighted by molar-refractivity contribution is 0.630. The van der Waals surface area contributed by atoms with Crippen molar-refractivity contribution in [1.82, 2.24) is 15.0 Å². The van der Waals surface area contributed by atoms with Gasteiger partial charge >= 0.3 is 0 Å². The summed E-state index contributed by atoms with van der Waals surface area (Å²) in [4.78, 5) is 11.2. The summed E-state index contributed by atoms with van der Waals surface area (Å²) >= 11 is 16.9. The van der Waals surface area contributed by atoms with E-state index < -0.39 is 5.82 Å². The molecule has 0 radical (unpaired) electrons. The minimum Gasteiger partial charge on any atom is -0.237 e. The SMILES string of the molecule is Cc1nc(Cl)c(F)c2nc(Cl)nc(Cl)c12. The highest BCUT2D eigenvalue weighted by Crippen LogP contribution is 2.29. The Kier molecular flexibility index (Phi) is 2.66. The average molecular weight is 266 g/mol. The van der Waals surface area contributed by atoms with E-state index in [-0.39, 0.29) is 21.1 Å². The lowest BCUT2D eigenvalue weighted by Crippen LogP contribution is -1.96. The Morgan fingerprint density at radius 1 is 1.00 bits per heavy atom. The molecule has 0 aliphatic carbocycles. The van der Waals surface area contributed by atoms with Crippen molar-refractivity contribution >= 4 is 45.7 Å². The fraction of sp³-hybridized carbons (Fsp3) is 0.125. The van der Waals surface area contributed by atoms with Gasteiger partial charge in [0, 0.05) is 0 Å². The monoisotopic (exact) mass is 265 g/mol. The second kappa shape index (κ2) is 3.70. The minimum absolute atomic E-state index is 0.0162. The summed E-state index contributed by atoms with van der Waals surface area (Å²) in [6.45, 7) is 1.64. The molecule has 0 atom stereocenters. The van der Waals surface area contributed by atoms with Crippen LogP contribution < -0.4 is 0 Å². The summed E-state index contributed by atoms with van der Waals surface area (Å²) in [6.07, 6.45) is 0. The van der Waals surface area contributed by atoms with Crippen LogP contribution in [0.3, 0.4) is 0 Å². The molecular formula is C8H3Cl3FN3. The molecule has 2 aromatic heterocycles. The molecule has 3 nitrogen and oxygen atoms in total. The molecule has 0 aliphatic rings. The molecule has 2 aromatic rings. The molecular weight excluding hydrogens is 263 g/mol. The summed E-state index contributed by atoms with van der Waals surface area (Å²) in [7, 11) is 0. The average Bonchev–Trinajstić information content (AvgIpc) is 2.12. The Balaban J connectivity index is 3.02. The number of hydrogen-bond donors (Lipinski definition) is 0. The van der Waals surface area contributed by atoms with Gasteiger partial charge in [0.05, 0.1) is 11.1 Å². The third-order valence-corrected chi connectivity index (χ3v) is 2.55. The number of aromatic nitrogens is 3.